The molecule has 0 aliphatic heterocycles. The molecule has 3 rings (SSSR count). The van der Waals surface area contributed by atoms with Crippen LogP contribution in [0.25, 0.3) is 11.4 Å². The van der Waals surface area contributed by atoms with E-state index in [2.05, 4.69) is 10.1 Å². The monoisotopic (exact) mass is 248 g/mol. The van der Waals surface area contributed by atoms with Crippen molar-refractivity contribution in [3.63, 3.8) is 0 Å². The SMILES string of the molecule is Cc1cc(-c2noc(C3CC(O)C3)n2)ccc1F. The van der Waals surface area contributed by atoms with Crippen molar-refractivity contribution in [3.05, 3.63) is 35.5 Å². The predicted octanol–water partition coefficient (Wildman–Crippen LogP) is 2.42. The maximum absolute atomic E-state index is 13.2. The second-order valence-electron chi connectivity index (χ2n) is 4.74. The molecule has 0 bridgehead atoms. The lowest BCUT2D eigenvalue weighted by atomic mass is 9.82. The Morgan fingerprint density at radius 2 is 2.17 bits per heavy atom. The Labute approximate surface area is 103 Å². The van der Waals surface area contributed by atoms with Gasteiger partial charge in [0.25, 0.3) is 0 Å². The summed E-state index contributed by atoms with van der Waals surface area (Å²) in [6.07, 6.45) is 1.09. The van der Waals surface area contributed by atoms with Crippen molar-refractivity contribution >= 4 is 0 Å². The molecule has 1 N–H and O–H groups in total. The topological polar surface area (TPSA) is 59.2 Å². The fourth-order valence-corrected chi connectivity index (χ4v) is 2.09. The van der Waals surface area contributed by atoms with Crippen LogP contribution in [-0.4, -0.2) is 21.4 Å². The van der Waals surface area contributed by atoms with E-state index in [1.54, 1.807) is 19.1 Å². The van der Waals surface area contributed by atoms with Crippen molar-refractivity contribution in [2.45, 2.75) is 31.8 Å². The minimum absolute atomic E-state index is 0.155. The zero-order chi connectivity index (χ0) is 12.7. The first-order valence-electron chi connectivity index (χ1n) is 5.91. The molecule has 94 valence electrons. The Bertz CT molecular complexity index is 576. The number of aliphatic hydroxyl groups excluding tert-OH is 1. The van der Waals surface area contributed by atoms with Crippen LogP contribution >= 0.6 is 0 Å². The van der Waals surface area contributed by atoms with Gasteiger partial charge in [0.1, 0.15) is 5.82 Å². The third kappa shape index (κ3) is 1.90. The van der Waals surface area contributed by atoms with Gasteiger partial charge in [-0.25, -0.2) is 4.39 Å². The maximum Gasteiger partial charge on any atom is 0.230 e. The molecular weight excluding hydrogens is 235 g/mol. The van der Waals surface area contributed by atoms with Crippen LogP contribution in [0.15, 0.2) is 22.7 Å². The summed E-state index contributed by atoms with van der Waals surface area (Å²) in [5.41, 5.74) is 1.29. The molecule has 0 radical (unpaired) electrons. The van der Waals surface area contributed by atoms with E-state index in [0.29, 0.717) is 30.1 Å². The molecule has 1 aliphatic rings. The first-order chi connectivity index (χ1) is 8.63. The van der Waals surface area contributed by atoms with Gasteiger partial charge in [-0.3, -0.25) is 0 Å². The van der Waals surface area contributed by atoms with Crippen molar-refractivity contribution in [1.29, 1.82) is 0 Å². The van der Waals surface area contributed by atoms with Gasteiger partial charge in [-0.2, -0.15) is 4.98 Å². The fraction of sp³-hybridized carbons (Fsp3) is 0.385. The Morgan fingerprint density at radius 1 is 1.39 bits per heavy atom. The predicted molar refractivity (Wildman–Crippen MR) is 62.4 cm³/mol. The molecule has 1 aromatic carbocycles. The molecule has 5 heteroatoms. The Morgan fingerprint density at radius 3 is 2.83 bits per heavy atom. The number of hydrogen-bond acceptors (Lipinski definition) is 4. The molecule has 0 atom stereocenters. The van der Waals surface area contributed by atoms with Crippen LogP contribution in [0, 0.1) is 12.7 Å². The van der Waals surface area contributed by atoms with Crippen molar-refractivity contribution in [2.24, 2.45) is 0 Å². The van der Waals surface area contributed by atoms with Crippen LogP contribution in [0.5, 0.6) is 0 Å². The van der Waals surface area contributed by atoms with Gasteiger partial charge in [0.15, 0.2) is 0 Å². The van der Waals surface area contributed by atoms with E-state index in [1.807, 2.05) is 0 Å². The van der Waals surface area contributed by atoms with Crippen molar-refractivity contribution in [3.8, 4) is 11.4 Å². The standard InChI is InChI=1S/C13H13FN2O2/c1-7-4-8(2-3-11(7)14)12-15-13(18-16-12)9-5-10(17)6-9/h2-4,9-10,17H,5-6H2,1H3. The molecule has 1 fully saturated rings. The smallest absolute Gasteiger partial charge is 0.230 e. The minimum atomic E-state index is -0.251. The van der Waals surface area contributed by atoms with Gasteiger partial charge in [-0.1, -0.05) is 5.16 Å². The van der Waals surface area contributed by atoms with E-state index >= 15 is 0 Å². The van der Waals surface area contributed by atoms with Crippen molar-refractivity contribution in [2.75, 3.05) is 0 Å². The van der Waals surface area contributed by atoms with Crippen LogP contribution in [0.2, 0.25) is 0 Å². The lowest BCUT2D eigenvalue weighted by Crippen LogP contribution is -2.26. The number of halogens is 1. The van der Waals surface area contributed by atoms with Gasteiger partial charge in [-0.15, -0.1) is 0 Å². The molecule has 1 aromatic heterocycles. The first kappa shape index (κ1) is 11.3. The number of rotatable bonds is 2. The van der Waals surface area contributed by atoms with Crippen molar-refractivity contribution in [1.82, 2.24) is 10.1 Å². The molecule has 0 spiro atoms. The number of nitrogens with zero attached hydrogens (tertiary/aromatic N) is 2. The van der Waals surface area contributed by atoms with E-state index in [1.165, 1.54) is 6.07 Å². The molecule has 0 unspecified atom stereocenters. The number of aryl methyl sites for hydroxylation is 1. The van der Waals surface area contributed by atoms with Gasteiger partial charge in [0, 0.05) is 11.5 Å². The lowest BCUT2D eigenvalue weighted by Gasteiger charge is -2.27. The Kier molecular flexibility index (Phi) is 2.63. The van der Waals surface area contributed by atoms with E-state index in [0.717, 1.165) is 5.56 Å². The largest absolute Gasteiger partial charge is 0.393 e. The van der Waals surface area contributed by atoms with Crippen LogP contribution < -0.4 is 0 Å². The zero-order valence-corrected chi connectivity index (χ0v) is 9.93. The summed E-state index contributed by atoms with van der Waals surface area (Å²) < 4.78 is 18.3. The van der Waals surface area contributed by atoms with Gasteiger partial charge >= 0.3 is 0 Å². The summed E-state index contributed by atoms with van der Waals surface area (Å²) in [4.78, 5) is 4.30. The molecule has 0 amide bonds. The number of aliphatic hydroxyl groups is 1. The first-order valence-corrected chi connectivity index (χ1v) is 5.91. The molecule has 1 heterocycles. The molecular formula is C13H13FN2O2. The van der Waals surface area contributed by atoms with E-state index in [4.69, 9.17) is 4.52 Å². The minimum Gasteiger partial charge on any atom is -0.393 e. The molecule has 18 heavy (non-hydrogen) atoms. The highest BCUT2D eigenvalue weighted by atomic mass is 19.1. The van der Waals surface area contributed by atoms with Crippen LogP contribution in [-0.2, 0) is 0 Å². The average molecular weight is 248 g/mol. The van der Waals surface area contributed by atoms with Gasteiger partial charge in [0.05, 0.1) is 6.10 Å². The summed E-state index contributed by atoms with van der Waals surface area (Å²) in [6.45, 7) is 1.70. The lowest BCUT2D eigenvalue weighted by molar-refractivity contribution is 0.0625. The molecule has 4 nitrogen and oxygen atoms in total. The number of aromatic nitrogens is 2. The van der Waals surface area contributed by atoms with Gasteiger partial charge < -0.3 is 9.63 Å². The average Bonchev–Trinajstić information content (AvgIpc) is 2.78. The summed E-state index contributed by atoms with van der Waals surface area (Å²) in [7, 11) is 0. The Balaban J connectivity index is 1.86. The second-order valence-corrected chi connectivity index (χ2v) is 4.74. The van der Waals surface area contributed by atoms with Gasteiger partial charge in [-0.05, 0) is 43.5 Å². The second kappa shape index (κ2) is 4.17. The highest BCUT2D eigenvalue weighted by Crippen LogP contribution is 2.36. The van der Waals surface area contributed by atoms with E-state index < -0.39 is 0 Å². The van der Waals surface area contributed by atoms with Crippen molar-refractivity contribution < 1.29 is 14.0 Å². The van der Waals surface area contributed by atoms with Gasteiger partial charge in [0.2, 0.25) is 11.7 Å². The normalized spacial score (nSPS) is 22.8. The number of benzene rings is 1. The summed E-state index contributed by atoms with van der Waals surface area (Å²) in [5, 5.41) is 13.1. The molecule has 0 saturated heterocycles. The zero-order valence-electron chi connectivity index (χ0n) is 9.93. The third-order valence-corrected chi connectivity index (χ3v) is 3.32. The van der Waals surface area contributed by atoms with Crippen LogP contribution in [0.4, 0.5) is 4.39 Å². The highest BCUT2D eigenvalue weighted by molar-refractivity contribution is 5.55. The fourth-order valence-electron chi connectivity index (χ4n) is 2.09. The van der Waals surface area contributed by atoms with Crippen LogP contribution in [0.1, 0.15) is 30.2 Å². The third-order valence-electron chi connectivity index (χ3n) is 3.32. The summed E-state index contributed by atoms with van der Waals surface area (Å²) in [5.74, 6) is 0.930. The maximum atomic E-state index is 13.2. The van der Waals surface area contributed by atoms with Crippen LogP contribution in [0.3, 0.4) is 0 Å². The van der Waals surface area contributed by atoms with E-state index in [9.17, 15) is 9.50 Å². The quantitative estimate of drug-likeness (QED) is 0.886. The molecule has 1 aliphatic carbocycles. The highest BCUT2D eigenvalue weighted by Gasteiger charge is 2.33. The summed E-state index contributed by atoms with van der Waals surface area (Å²) >= 11 is 0. The van der Waals surface area contributed by atoms with E-state index in [-0.39, 0.29) is 17.8 Å². The molecule has 1 saturated carbocycles. The summed E-state index contributed by atoms with van der Waals surface area (Å²) in [6, 6.07) is 4.72. The molecule has 2 aromatic rings. The Hall–Kier alpha value is -1.75. The number of hydrogen-bond donors (Lipinski definition) is 1.